The maximum atomic E-state index is 13.5. The van der Waals surface area contributed by atoms with Crippen molar-refractivity contribution in [1.29, 1.82) is 0 Å². The molecule has 0 aliphatic carbocycles. The molecule has 0 saturated carbocycles. The zero-order chi connectivity index (χ0) is 23.4. The highest BCUT2D eigenvalue weighted by atomic mass is 79.9. The Hall–Kier alpha value is -3.39. The van der Waals surface area contributed by atoms with Crippen LogP contribution in [0.5, 0.6) is 0 Å². The van der Waals surface area contributed by atoms with Crippen LogP contribution >= 0.6 is 15.9 Å². The Morgan fingerprint density at radius 1 is 1.15 bits per heavy atom. The van der Waals surface area contributed by atoms with E-state index in [0.29, 0.717) is 40.8 Å². The molecule has 0 unspecified atom stereocenters. The quantitative estimate of drug-likeness (QED) is 0.392. The van der Waals surface area contributed by atoms with Gasteiger partial charge in [0.15, 0.2) is 0 Å². The molecule has 4 aromatic rings. The van der Waals surface area contributed by atoms with E-state index < -0.39 is 0 Å². The van der Waals surface area contributed by atoms with Crippen LogP contribution in [0.2, 0.25) is 0 Å². The van der Waals surface area contributed by atoms with Crippen molar-refractivity contribution in [3.63, 3.8) is 0 Å². The first-order chi connectivity index (χ1) is 15.9. The van der Waals surface area contributed by atoms with Crippen LogP contribution < -0.4 is 5.32 Å². The van der Waals surface area contributed by atoms with Crippen LogP contribution in [0, 0.1) is 0 Å². The number of halogens is 1. The molecule has 0 fully saturated rings. The summed E-state index contributed by atoms with van der Waals surface area (Å²) < 4.78 is 4.36. The molecule has 1 atom stereocenters. The minimum absolute atomic E-state index is 0.0953. The van der Waals surface area contributed by atoms with Gasteiger partial charge in [-0.2, -0.15) is 0 Å². The summed E-state index contributed by atoms with van der Waals surface area (Å²) in [6, 6.07) is 15.4. The third-order valence-corrected chi connectivity index (χ3v) is 6.47. The molecule has 3 aromatic heterocycles. The van der Waals surface area contributed by atoms with E-state index in [1.165, 1.54) is 0 Å². The summed E-state index contributed by atoms with van der Waals surface area (Å²) in [5.41, 5.74) is 3.01. The van der Waals surface area contributed by atoms with E-state index in [2.05, 4.69) is 38.4 Å². The molecule has 3 heterocycles. The molecule has 0 saturated heterocycles. The molecule has 0 aliphatic heterocycles. The van der Waals surface area contributed by atoms with Crippen LogP contribution in [0.1, 0.15) is 32.8 Å². The second-order valence-electron chi connectivity index (χ2n) is 8.04. The van der Waals surface area contributed by atoms with Gasteiger partial charge in [-0.3, -0.25) is 9.59 Å². The van der Waals surface area contributed by atoms with Crippen molar-refractivity contribution in [3.8, 4) is 0 Å². The number of aryl methyl sites for hydroxylation is 1. The largest absolute Gasteiger partial charge is 0.351 e. The third-order valence-electron chi connectivity index (χ3n) is 5.83. The van der Waals surface area contributed by atoms with E-state index in [1.807, 2.05) is 61.4 Å². The summed E-state index contributed by atoms with van der Waals surface area (Å²) in [5.74, 6) is -0.218. The van der Waals surface area contributed by atoms with Crippen molar-refractivity contribution in [1.82, 2.24) is 24.2 Å². The molecule has 0 bridgehead atoms. The second-order valence-corrected chi connectivity index (χ2v) is 8.89. The molecule has 7 nitrogen and oxygen atoms in total. The Morgan fingerprint density at radius 3 is 2.67 bits per heavy atom. The van der Waals surface area contributed by atoms with E-state index in [9.17, 15) is 9.59 Å². The first-order valence-corrected chi connectivity index (χ1v) is 11.6. The summed E-state index contributed by atoms with van der Waals surface area (Å²) in [6.45, 7) is 0.458. The highest BCUT2D eigenvalue weighted by molar-refractivity contribution is 9.10. The van der Waals surface area contributed by atoms with Crippen LogP contribution in [0.4, 0.5) is 0 Å². The van der Waals surface area contributed by atoms with Crippen molar-refractivity contribution >= 4 is 33.4 Å². The van der Waals surface area contributed by atoms with Gasteiger partial charge >= 0.3 is 0 Å². The molecule has 1 aromatic carbocycles. The van der Waals surface area contributed by atoms with Gasteiger partial charge in [0, 0.05) is 55.9 Å². The van der Waals surface area contributed by atoms with Crippen LogP contribution in [0.15, 0.2) is 77.8 Å². The third kappa shape index (κ3) is 5.17. The molecule has 4 rings (SSSR count). The van der Waals surface area contributed by atoms with Crippen molar-refractivity contribution in [2.75, 3.05) is 13.6 Å². The van der Waals surface area contributed by atoms with Crippen molar-refractivity contribution in [3.05, 3.63) is 94.6 Å². The van der Waals surface area contributed by atoms with Gasteiger partial charge in [0.05, 0.1) is 5.56 Å². The summed E-state index contributed by atoms with van der Waals surface area (Å²) in [7, 11) is 3.66. The monoisotopic (exact) mass is 507 g/mol. The number of amides is 2. The minimum Gasteiger partial charge on any atom is -0.351 e. The number of carbonyl (C=O) groups is 2. The van der Waals surface area contributed by atoms with Crippen LogP contribution in [0.25, 0.3) is 5.65 Å². The molecule has 0 spiro atoms. The van der Waals surface area contributed by atoms with Crippen LogP contribution in [0.3, 0.4) is 0 Å². The van der Waals surface area contributed by atoms with Crippen LogP contribution in [-0.4, -0.2) is 50.3 Å². The van der Waals surface area contributed by atoms with Gasteiger partial charge in [-0.05, 0) is 52.5 Å². The number of aromatic nitrogens is 3. The average molecular weight is 508 g/mol. The number of carbonyl (C=O) groups excluding carboxylic acids is 2. The highest BCUT2D eigenvalue weighted by Crippen LogP contribution is 2.22. The number of fused-ring (bicyclic) bond motifs is 1. The normalized spacial score (nSPS) is 12.0. The molecular formula is C25H26BrN5O2. The molecule has 1 N–H and O–H groups in total. The van der Waals surface area contributed by atoms with E-state index in [1.54, 1.807) is 27.8 Å². The molecule has 170 valence electrons. The number of hydrogen-bond acceptors (Lipinski definition) is 3. The Labute approximate surface area is 201 Å². The van der Waals surface area contributed by atoms with Crippen molar-refractivity contribution in [2.45, 2.75) is 18.9 Å². The predicted molar refractivity (Wildman–Crippen MR) is 131 cm³/mol. The van der Waals surface area contributed by atoms with Gasteiger partial charge < -0.3 is 19.2 Å². The number of pyridine rings is 1. The average Bonchev–Trinajstić information content (AvgIpc) is 3.45. The van der Waals surface area contributed by atoms with Gasteiger partial charge in [0.1, 0.15) is 11.3 Å². The van der Waals surface area contributed by atoms with Crippen LogP contribution in [-0.2, 0) is 13.5 Å². The second kappa shape index (κ2) is 10.0. The van der Waals surface area contributed by atoms with E-state index in [4.69, 9.17) is 0 Å². The highest BCUT2D eigenvalue weighted by Gasteiger charge is 2.24. The Morgan fingerprint density at radius 2 is 1.94 bits per heavy atom. The fourth-order valence-electron chi connectivity index (χ4n) is 3.91. The first kappa shape index (κ1) is 22.8. The summed E-state index contributed by atoms with van der Waals surface area (Å²) in [4.78, 5) is 32.0. The molecular weight excluding hydrogens is 482 g/mol. The fraction of sp³-hybridized carbons (Fsp3) is 0.240. The van der Waals surface area contributed by atoms with Gasteiger partial charge in [-0.15, -0.1) is 0 Å². The van der Waals surface area contributed by atoms with Crippen molar-refractivity contribution < 1.29 is 9.59 Å². The van der Waals surface area contributed by atoms with Crippen molar-refractivity contribution in [2.24, 2.45) is 7.05 Å². The lowest BCUT2D eigenvalue weighted by atomic mass is 10.0. The number of benzene rings is 1. The van der Waals surface area contributed by atoms with E-state index >= 15 is 0 Å². The SMILES string of the molecule is CN(C(=O)c1cc2nccn2cc1Br)[C@H](CCNC(=O)c1cccn1C)Cc1ccccc1. The zero-order valence-corrected chi connectivity index (χ0v) is 20.2. The predicted octanol–water partition coefficient (Wildman–Crippen LogP) is 3.94. The molecule has 0 aliphatic rings. The van der Waals surface area contributed by atoms with Gasteiger partial charge in [-0.25, -0.2) is 4.98 Å². The molecule has 0 radical (unpaired) electrons. The topological polar surface area (TPSA) is 71.6 Å². The molecule has 2 amide bonds. The number of imidazole rings is 1. The van der Waals surface area contributed by atoms with Gasteiger partial charge in [0.25, 0.3) is 11.8 Å². The lowest BCUT2D eigenvalue weighted by Gasteiger charge is -2.29. The smallest absolute Gasteiger partial charge is 0.267 e. The number of nitrogens with one attached hydrogen (secondary N) is 1. The fourth-order valence-corrected chi connectivity index (χ4v) is 4.42. The number of likely N-dealkylation sites (N-methyl/N-ethyl adjacent to an activating group) is 1. The van der Waals surface area contributed by atoms with E-state index in [-0.39, 0.29) is 17.9 Å². The maximum absolute atomic E-state index is 13.5. The summed E-state index contributed by atoms with van der Waals surface area (Å²) in [6.07, 6.45) is 8.53. The molecule has 8 heteroatoms. The summed E-state index contributed by atoms with van der Waals surface area (Å²) >= 11 is 3.53. The number of nitrogens with zero attached hydrogens (tertiary/aromatic N) is 4. The number of rotatable bonds is 8. The Balaban J connectivity index is 1.51. The Kier molecular flexibility index (Phi) is 6.93. The standard InChI is InChI=1S/C25H26BrN5O2/c1-29-13-6-9-22(29)24(32)28-11-10-19(15-18-7-4-3-5-8-18)30(2)25(33)20-16-23-27-12-14-31(23)17-21(20)26/h3-9,12-14,16-17,19H,10-11,15H2,1-2H3,(H,28,32)/t19-/m1/s1. The summed E-state index contributed by atoms with van der Waals surface area (Å²) in [5, 5.41) is 2.99. The number of hydrogen-bond donors (Lipinski definition) is 1. The van der Waals surface area contributed by atoms with E-state index in [0.717, 1.165) is 5.56 Å². The minimum atomic E-state index is -0.123. The maximum Gasteiger partial charge on any atom is 0.267 e. The van der Waals surface area contributed by atoms with Gasteiger partial charge in [-0.1, -0.05) is 30.3 Å². The lowest BCUT2D eigenvalue weighted by Crippen LogP contribution is -2.41. The Bertz CT molecular complexity index is 1260. The van der Waals surface area contributed by atoms with Gasteiger partial charge in [0.2, 0.25) is 0 Å². The first-order valence-electron chi connectivity index (χ1n) is 10.8. The zero-order valence-electron chi connectivity index (χ0n) is 18.6. The lowest BCUT2D eigenvalue weighted by molar-refractivity contribution is 0.0722. The molecule has 33 heavy (non-hydrogen) atoms.